The zero-order valence-electron chi connectivity index (χ0n) is 16.4. The molecule has 146 valence electrons. The number of hydrogen-bond donors (Lipinski definition) is 1. The van der Waals surface area contributed by atoms with Crippen molar-refractivity contribution in [1.29, 1.82) is 0 Å². The van der Waals surface area contributed by atoms with Crippen LogP contribution in [0.15, 0.2) is 29.1 Å². The number of nitrogens with one attached hydrogen (secondary N) is 1. The topological polar surface area (TPSA) is 83.9 Å². The van der Waals surface area contributed by atoms with Crippen molar-refractivity contribution >= 4 is 16.7 Å². The molecule has 2 aromatic heterocycles. The van der Waals surface area contributed by atoms with Crippen LogP contribution in [-0.2, 0) is 30.7 Å². The van der Waals surface area contributed by atoms with Gasteiger partial charge in [0.2, 0.25) is 5.91 Å². The molecule has 0 bridgehead atoms. The molecular weight excluding hydrogens is 354 g/mol. The molecule has 2 heterocycles. The molecule has 0 aliphatic heterocycles. The van der Waals surface area contributed by atoms with Crippen LogP contribution >= 0.6 is 0 Å². The van der Waals surface area contributed by atoms with Crippen LogP contribution in [0, 0.1) is 6.92 Å². The highest BCUT2D eigenvalue weighted by molar-refractivity contribution is 5.83. The Balaban J connectivity index is 1.53. The number of nitrogens with zero attached hydrogens (tertiary/aromatic N) is 4. The minimum atomic E-state index is -0.239. The number of carbonyl (C=O) groups is 1. The number of H-pyrrole nitrogens is 1. The molecule has 0 atom stereocenters. The number of benzene rings is 1. The molecule has 7 nitrogen and oxygen atoms in total. The van der Waals surface area contributed by atoms with Crippen molar-refractivity contribution in [1.82, 2.24) is 24.9 Å². The maximum Gasteiger partial charge on any atom is 0.275 e. The lowest BCUT2D eigenvalue weighted by atomic mass is 10.1. The summed E-state index contributed by atoms with van der Waals surface area (Å²) in [6.07, 6.45) is 5.60. The maximum atomic E-state index is 12.8. The van der Waals surface area contributed by atoms with Gasteiger partial charge in [-0.15, -0.1) is 0 Å². The van der Waals surface area contributed by atoms with Crippen molar-refractivity contribution in [3.63, 3.8) is 0 Å². The largest absolute Gasteiger partial charge is 0.338 e. The highest BCUT2D eigenvalue weighted by Gasteiger charge is 2.20. The molecular formula is C21H25N5O2. The van der Waals surface area contributed by atoms with Crippen molar-refractivity contribution in [2.45, 2.75) is 52.1 Å². The van der Waals surface area contributed by atoms with Gasteiger partial charge in [0, 0.05) is 18.1 Å². The van der Waals surface area contributed by atoms with E-state index in [0.29, 0.717) is 11.9 Å². The Morgan fingerprint density at radius 1 is 1.18 bits per heavy atom. The number of aromatic nitrogens is 4. The van der Waals surface area contributed by atoms with Crippen LogP contribution in [0.3, 0.4) is 0 Å². The quantitative estimate of drug-likeness (QED) is 0.706. The summed E-state index contributed by atoms with van der Waals surface area (Å²) in [6.45, 7) is 2.21. The third kappa shape index (κ3) is 3.44. The van der Waals surface area contributed by atoms with Gasteiger partial charge in [0.1, 0.15) is 6.54 Å². The Hall–Kier alpha value is -2.96. The molecule has 4 rings (SSSR count). The maximum absolute atomic E-state index is 12.8. The Labute approximate surface area is 163 Å². The minimum absolute atomic E-state index is 0.0758. The monoisotopic (exact) mass is 379 g/mol. The first-order chi connectivity index (χ1) is 13.5. The van der Waals surface area contributed by atoms with E-state index in [1.165, 1.54) is 28.8 Å². The molecule has 7 heteroatoms. The lowest BCUT2D eigenvalue weighted by Gasteiger charge is -2.17. The predicted octanol–water partition coefficient (Wildman–Crippen LogP) is 2.36. The first-order valence-electron chi connectivity index (χ1n) is 9.80. The average Bonchev–Trinajstić information content (AvgIpc) is 2.92. The molecule has 1 N–H and O–H groups in total. The van der Waals surface area contributed by atoms with E-state index < -0.39 is 0 Å². The fourth-order valence-electron chi connectivity index (χ4n) is 3.93. The number of rotatable bonds is 4. The van der Waals surface area contributed by atoms with E-state index in [4.69, 9.17) is 0 Å². The van der Waals surface area contributed by atoms with Crippen LogP contribution in [-0.4, -0.2) is 37.8 Å². The lowest BCUT2D eigenvalue weighted by Crippen LogP contribution is -2.35. The zero-order valence-corrected chi connectivity index (χ0v) is 16.4. The Morgan fingerprint density at radius 2 is 1.93 bits per heavy atom. The summed E-state index contributed by atoms with van der Waals surface area (Å²) in [7, 11) is 1.75. The SMILES string of the molecule is Cc1nn(CC(=O)N(C)Cc2n[nH]c3c2CCCCC3)c(=O)c2ccccc12. The molecule has 1 amide bonds. The highest BCUT2D eigenvalue weighted by Crippen LogP contribution is 2.22. The van der Waals surface area contributed by atoms with Crippen molar-refractivity contribution in [2.24, 2.45) is 0 Å². The molecule has 3 aromatic rings. The van der Waals surface area contributed by atoms with Gasteiger partial charge in [-0.05, 0) is 44.2 Å². The molecule has 0 fully saturated rings. The molecule has 1 aliphatic rings. The molecule has 0 spiro atoms. The van der Waals surface area contributed by atoms with Gasteiger partial charge in [-0.25, -0.2) is 4.68 Å². The van der Waals surface area contributed by atoms with Gasteiger partial charge < -0.3 is 4.90 Å². The van der Waals surface area contributed by atoms with Gasteiger partial charge in [-0.1, -0.05) is 24.6 Å². The molecule has 0 radical (unpaired) electrons. The molecule has 0 unspecified atom stereocenters. The van der Waals surface area contributed by atoms with Crippen LogP contribution < -0.4 is 5.56 Å². The predicted molar refractivity (Wildman–Crippen MR) is 107 cm³/mol. The van der Waals surface area contributed by atoms with Crippen molar-refractivity contribution in [3.8, 4) is 0 Å². The molecule has 28 heavy (non-hydrogen) atoms. The van der Waals surface area contributed by atoms with Gasteiger partial charge >= 0.3 is 0 Å². The number of aryl methyl sites for hydroxylation is 2. The minimum Gasteiger partial charge on any atom is -0.338 e. The van der Waals surface area contributed by atoms with E-state index in [1.807, 2.05) is 25.1 Å². The molecule has 1 aromatic carbocycles. The second-order valence-corrected chi connectivity index (χ2v) is 7.53. The third-order valence-corrected chi connectivity index (χ3v) is 5.54. The van der Waals surface area contributed by atoms with E-state index in [9.17, 15) is 9.59 Å². The summed E-state index contributed by atoms with van der Waals surface area (Å²) >= 11 is 0. The normalized spacial score (nSPS) is 13.9. The number of hydrogen-bond acceptors (Lipinski definition) is 4. The summed E-state index contributed by atoms with van der Waals surface area (Å²) in [5.74, 6) is -0.158. The fourth-order valence-corrected chi connectivity index (χ4v) is 3.93. The lowest BCUT2D eigenvalue weighted by molar-refractivity contribution is -0.131. The smallest absolute Gasteiger partial charge is 0.275 e. The zero-order chi connectivity index (χ0) is 19.7. The molecule has 1 aliphatic carbocycles. The van der Waals surface area contributed by atoms with Crippen molar-refractivity contribution in [3.05, 3.63) is 57.3 Å². The van der Waals surface area contributed by atoms with E-state index >= 15 is 0 Å². The summed E-state index contributed by atoms with van der Waals surface area (Å²) in [6, 6.07) is 7.36. The number of likely N-dealkylation sites (N-methyl/N-ethyl adjacent to an activating group) is 1. The van der Waals surface area contributed by atoms with Crippen molar-refractivity contribution in [2.75, 3.05) is 7.05 Å². The van der Waals surface area contributed by atoms with Crippen LogP contribution in [0.1, 0.15) is 41.9 Å². The Bertz CT molecular complexity index is 1080. The van der Waals surface area contributed by atoms with Crippen LogP contribution in [0.4, 0.5) is 0 Å². The number of fused-ring (bicyclic) bond motifs is 2. The Kier molecular flexibility index (Phi) is 4.98. The van der Waals surface area contributed by atoms with E-state index in [1.54, 1.807) is 18.0 Å². The van der Waals surface area contributed by atoms with Gasteiger partial charge in [0.05, 0.1) is 23.3 Å². The number of aromatic amines is 1. The van der Waals surface area contributed by atoms with Gasteiger partial charge in [-0.2, -0.15) is 10.2 Å². The second kappa shape index (κ2) is 7.58. The van der Waals surface area contributed by atoms with Gasteiger partial charge in [0.15, 0.2) is 0 Å². The van der Waals surface area contributed by atoms with Crippen LogP contribution in [0.25, 0.3) is 10.8 Å². The standard InChI is InChI=1S/C21H25N5O2/c1-14-15-8-6-7-9-16(15)21(28)26(24-14)13-20(27)25(2)12-19-17-10-4-3-5-11-18(17)22-23-19/h6-9H,3-5,10-13H2,1-2H3,(H,22,23). The van der Waals surface area contributed by atoms with Crippen molar-refractivity contribution < 1.29 is 4.79 Å². The summed E-state index contributed by atoms with van der Waals surface area (Å²) in [4.78, 5) is 27.1. The van der Waals surface area contributed by atoms with E-state index in [2.05, 4.69) is 15.3 Å². The first-order valence-corrected chi connectivity index (χ1v) is 9.80. The molecule has 0 saturated heterocycles. The third-order valence-electron chi connectivity index (χ3n) is 5.54. The van der Waals surface area contributed by atoms with Crippen LogP contribution in [0.2, 0.25) is 0 Å². The first kappa shape index (κ1) is 18.4. The number of carbonyl (C=O) groups excluding carboxylic acids is 1. The van der Waals surface area contributed by atoms with Gasteiger partial charge in [0.25, 0.3) is 5.56 Å². The van der Waals surface area contributed by atoms with E-state index in [-0.39, 0.29) is 18.0 Å². The fraction of sp³-hybridized carbons (Fsp3) is 0.429. The molecule has 0 saturated carbocycles. The number of amides is 1. The summed E-state index contributed by atoms with van der Waals surface area (Å²) in [5.41, 5.74) is 3.90. The van der Waals surface area contributed by atoms with Gasteiger partial charge in [-0.3, -0.25) is 14.7 Å². The average molecular weight is 379 g/mol. The highest BCUT2D eigenvalue weighted by atomic mass is 16.2. The summed E-state index contributed by atoms with van der Waals surface area (Å²) in [5, 5.41) is 13.3. The Morgan fingerprint density at radius 3 is 2.75 bits per heavy atom. The van der Waals surface area contributed by atoms with E-state index in [0.717, 1.165) is 36.0 Å². The summed E-state index contributed by atoms with van der Waals surface area (Å²) < 4.78 is 1.27. The second-order valence-electron chi connectivity index (χ2n) is 7.53. The van der Waals surface area contributed by atoms with Crippen LogP contribution in [0.5, 0.6) is 0 Å².